The minimum Gasteiger partial charge on any atom is -0.312 e. The van der Waals surface area contributed by atoms with E-state index in [1.807, 2.05) is 66.7 Å². The van der Waals surface area contributed by atoms with Crippen LogP contribution < -0.4 is 10.3 Å². The number of hydrogen-bond donors (Lipinski definition) is 1. The Kier molecular flexibility index (Phi) is 5.21. The van der Waals surface area contributed by atoms with Gasteiger partial charge >= 0.3 is 0 Å². The van der Waals surface area contributed by atoms with Crippen molar-refractivity contribution < 1.29 is 9.59 Å². The predicted molar refractivity (Wildman–Crippen MR) is 114 cm³/mol. The van der Waals surface area contributed by atoms with Gasteiger partial charge in [-0.05, 0) is 35.0 Å². The summed E-state index contributed by atoms with van der Waals surface area (Å²) in [6, 6.07) is 21.4. The molecule has 0 aromatic heterocycles. The van der Waals surface area contributed by atoms with Crippen molar-refractivity contribution in [3.63, 3.8) is 0 Å². The van der Waals surface area contributed by atoms with E-state index < -0.39 is 5.92 Å². The molecule has 0 aliphatic carbocycles. The van der Waals surface area contributed by atoms with E-state index in [2.05, 4.69) is 26.5 Å². The van der Waals surface area contributed by atoms with Crippen LogP contribution in [-0.4, -0.2) is 24.6 Å². The average molecular weight is 436 g/mol. The van der Waals surface area contributed by atoms with Crippen LogP contribution in [0.4, 0.5) is 5.69 Å². The van der Waals surface area contributed by atoms with Crippen molar-refractivity contribution in [3.05, 3.63) is 76.8 Å². The summed E-state index contributed by atoms with van der Waals surface area (Å²) in [7, 11) is 0. The Hall–Kier alpha value is -2.99. The SMILES string of the molecule is O=C(N/N=C\c1cccc2ccccc12)[C@H]1CC(=O)N(c2ccc(Br)cc2)C1. The van der Waals surface area contributed by atoms with E-state index in [-0.39, 0.29) is 18.2 Å². The first-order chi connectivity index (χ1) is 13.6. The van der Waals surface area contributed by atoms with Gasteiger partial charge < -0.3 is 4.90 Å². The van der Waals surface area contributed by atoms with E-state index >= 15 is 0 Å². The highest BCUT2D eigenvalue weighted by Gasteiger charge is 2.35. The third-order valence-electron chi connectivity index (χ3n) is 4.84. The fourth-order valence-electron chi connectivity index (χ4n) is 3.37. The lowest BCUT2D eigenvalue weighted by Crippen LogP contribution is -2.30. The lowest BCUT2D eigenvalue weighted by atomic mass is 10.1. The van der Waals surface area contributed by atoms with E-state index in [1.54, 1.807) is 11.1 Å². The summed E-state index contributed by atoms with van der Waals surface area (Å²) < 4.78 is 0.944. The van der Waals surface area contributed by atoms with Gasteiger partial charge in [-0.25, -0.2) is 5.43 Å². The highest BCUT2D eigenvalue weighted by Crippen LogP contribution is 2.26. The summed E-state index contributed by atoms with van der Waals surface area (Å²) in [5, 5.41) is 6.30. The topological polar surface area (TPSA) is 61.8 Å². The quantitative estimate of drug-likeness (QED) is 0.495. The molecule has 0 unspecified atom stereocenters. The van der Waals surface area contributed by atoms with Gasteiger partial charge in [-0.2, -0.15) is 5.10 Å². The molecule has 1 atom stereocenters. The smallest absolute Gasteiger partial charge is 0.245 e. The molecule has 1 heterocycles. The minimum absolute atomic E-state index is 0.0551. The van der Waals surface area contributed by atoms with Gasteiger partial charge in [0.05, 0.1) is 12.1 Å². The summed E-state index contributed by atoms with van der Waals surface area (Å²) in [5.74, 6) is -0.717. The van der Waals surface area contributed by atoms with E-state index in [9.17, 15) is 9.59 Å². The first kappa shape index (κ1) is 18.4. The normalized spacial score (nSPS) is 16.8. The highest BCUT2D eigenvalue weighted by atomic mass is 79.9. The maximum absolute atomic E-state index is 12.5. The number of hydrazone groups is 1. The van der Waals surface area contributed by atoms with Gasteiger partial charge in [0.25, 0.3) is 0 Å². The van der Waals surface area contributed by atoms with Gasteiger partial charge in [0, 0.05) is 28.7 Å². The molecule has 1 aliphatic heterocycles. The Labute approximate surface area is 171 Å². The average Bonchev–Trinajstić information content (AvgIpc) is 3.10. The number of rotatable bonds is 4. The molecule has 0 saturated carbocycles. The summed E-state index contributed by atoms with van der Waals surface area (Å²) in [6.45, 7) is 0.357. The van der Waals surface area contributed by atoms with Crippen molar-refractivity contribution in [1.82, 2.24) is 5.43 Å². The molecule has 28 heavy (non-hydrogen) atoms. The van der Waals surface area contributed by atoms with E-state index in [4.69, 9.17) is 0 Å². The van der Waals surface area contributed by atoms with E-state index in [0.29, 0.717) is 6.54 Å². The lowest BCUT2D eigenvalue weighted by molar-refractivity contribution is -0.126. The molecule has 3 aromatic rings. The fourth-order valence-corrected chi connectivity index (χ4v) is 3.64. The maximum Gasteiger partial charge on any atom is 0.245 e. The van der Waals surface area contributed by atoms with Crippen LogP contribution in [0.5, 0.6) is 0 Å². The zero-order valence-corrected chi connectivity index (χ0v) is 16.6. The van der Waals surface area contributed by atoms with E-state index in [0.717, 1.165) is 26.5 Å². The second-order valence-corrected chi connectivity index (χ2v) is 7.60. The molecule has 140 valence electrons. The zero-order chi connectivity index (χ0) is 19.5. The highest BCUT2D eigenvalue weighted by molar-refractivity contribution is 9.10. The van der Waals surface area contributed by atoms with Crippen molar-refractivity contribution in [1.29, 1.82) is 0 Å². The molecule has 0 spiro atoms. The van der Waals surface area contributed by atoms with Crippen LogP contribution in [0.2, 0.25) is 0 Å². The third-order valence-corrected chi connectivity index (χ3v) is 5.36. The largest absolute Gasteiger partial charge is 0.312 e. The monoisotopic (exact) mass is 435 g/mol. The number of nitrogens with one attached hydrogen (secondary N) is 1. The summed E-state index contributed by atoms with van der Waals surface area (Å²) in [4.78, 5) is 26.4. The second-order valence-electron chi connectivity index (χ2n) is 6.68. The molecule has 1 saturated heterocycles. The van der Waals surface area contributed by atoms with Gasteiger partial charge in [0.15, 0.2) is 0 Å². The molecule has 4 rings (SSSR count). The molecule has 1 aliphatic rings. The van der Waals surface area contributed by atoms with Crippen LogP contribution in [0.3, 0.4) is 0 Å². The number of hydrogen-bond acceptors (Lipinski definition) is 3. The Morgan fingerprint density at radius 3 is 2.64 bits per heavy atom. The molecule has 2 amide bonds. The van der Waals surface area contributed by atoms with Crippen LogP contribution >= 0.6 is 15.9 Å². The summed E-state index contributed by atoms with van der Waals surface area (Å²) in [6.07, 6.45) is 1.83. The minimum atomic E-state index is -0.416. The standard InChI is InChI=1S/C22H18BrN3O2/c23-18-8-10-19(11-9-18)26-14-17(12-21(26)27)22(28)25-24-13-16-6-3-5-15-4-1-2-7-20(15)16/h1-11,13,17H,12,14H2,(H,25,28)/b24-13-/t17-/m0/s1. The van der Waals surface area contributed by atoms with Gasteiger partial charge in [-0.3, -0.25) is 9.59 Å². The summed E-state index contributed by atoms with van der Waals surface area (Å²) in [5.41, 5.74) is 4.31. The molecular formula is C22H18BrN3O2. The predicted octanol–water partition coefficient (Wildman–Crippen LogP) is 4.11. The molecular weight excluding hydrogens is 418 g/mol. The molecule has 0 radical (unpaired) electrons. The first-order valence-electron chi connectivity index (χ1n) is 8.98. The van der Waals surface area contributed by atoms with Crippen LogP contribution in [0.1, 0.15) is 12.0 Å². The number of benzene rings is 3. The fraction of sp³-hybridized carbons (Fsp3) is 0.136. The van der Waals surface area contributed by atoms with Crippen LogP contribution in [0.15, 0.2) is 76.3 Å². The Morgan fingerprint density at radius 1 is 1.07 bits per heavy atom. The van der Waals surface area contributed by atoms with Crippen molar-refractivity contribution in [2.75, 3.05) is 11.4 Å². The lowest BCUT2D eigenvalue weighted by Gasteiger charge is -2.16. The van der Waals surface area contributed by atoms with Crippen LogP contribution in [-0.2, 0) is 9.59 Å². The van der Waals surface area contributed by atoms with Crippen LogP contribution in [0, 0.1) is 5.92 Å². The number of fused-ring (bicyclic) bond motifs is 1. The number of halogens is 1. The Balaban J connectivity index is 1.42. The number of carbonyl (C=O) groups is 2. The first-order valence-corrected chi connectivity index (χ1v) is 9.78. The third kappa shape index (κ3) is 3.82. The number of carbonyl (C=O) groups excluding carboxylic acids is 2. The van der Waals surface area contributed by atoms with Gasteiger partial charge in [0.1, 0.15) is 0 Å². The zero-order valence-electron chi connectivity index (χ0n) is 15.0. The second kappa shape index (κ2) is 7.94. The van der Waals surface area contributed by atoms with Gasteiger partial charge in [0.2, 0.25) is 11.8 Å². The Bertz CT molecular complexity index is 1060. The Morgan fingerprint density at radius 2 is 1.82 bits per heavy atom. The number of anilines is 1. The molecule has 6 heteroatoms. The van der Waals surface area contributed by atoms with Crippen molar-refractivity contribution in [2.45, 2.75) is 6.42 Å². The maximum atomic E-state index is 12.5. The van der Waals surface area contributed by atoms with Gasteiger partial charge in [-0.15, -0.1) is 0 Å². The summed E-state index contributed by atoms with van der Waals surface area (Å²) >= 11 is 3.38. The molecule has 3 aromatic carbocycles. The van der Waals surface area contributed by atoms with Crippen molar-refractivity contribution in [2.24, 2.45) is 11.0 Å². The van der Waals surface area contributed by atoms with Gasteiger partial charge in [-0.1, -0.05) is 58.4 Å². The van der Waals surface area contributed by atoms with Crippen molar-refractivity contribution in [3.8, 4) is 0 Å². The van der Waals surface area contributed by atoms with Crippen LogP contribution in [0.25, 0.3) is 10.8 Å². The molecule has 1 N–H and O–H groups in total. The molecule has 1 fully saturated rings. The number of amides is 2. The van der Waals surface area contributed by atoms with E-state index in [1.165, 1.54) is 0 Å². The molecule has 5 nitrogen and oxygen atoms in total. The number of nitrogens with zero attached hydrogens (tertiary/aromatic N) is 2. The van der Waals surface area contributed by atoms with Crippen molar-refractivity contribution >= 4 is 50.4 Å². The molecule has 0 bridgehead atoms.